The molecule has 0 aliphatic heterocycles. The number of esters is 1. The smallest absolute Gasteiger partial charge is 0.338 e. The second kappa shape index (κ2) is 6.55. The molecule has 0 saturated carbocycles. The fourth-order valence-electron chi connectivity index (χ4n) is 1.66. The fraction of sp³-hybridized carbons (Fsp3) is 0.200. The van der Waals surface area contributed by atoms with E-state index < -0.39 is 0 Å². The van der Waals surface area contributed by atoms with Crippen LogP contribution in [0.5, 0.6) is 0 Å². The quantitative estimate of drug-likeness (QED) is 0.597. The first-order chi connectivity index (χ1) is 8.86. The highest BCUT2D eigenvalue weighted by atomic mass is 16.5. The van der Waals surface area contributed by atoms with Crippen LogP contribution in [0.3, 0.4) is 0 Å². The summed E-state index contributed by atoms with van der Waals surface area (Å²) < 4.78 is 5.18. The van der Waals surface area contributed by atoms with Gasteiger partial charge in [0.25, 0.3) is 0 Å². The number of pyridine rings is 1. The predicted molar refractivity (Wildman–Crippen MR) is 69.3 cm³/mol. The standard InChI is InChI=1S/C15H15NO2/c17-15(14-8-10-16-11-9-14)18-12-4-7-13-5-2-1-3-6-13/h1-3,5-6,8-11H,4,7,12H2. The van der Waals surface area contributed by atoms with Gasteiger partial charge < -0.3 is 4.74 Å². The number of hydrogen-bond donors (Lipinski definition) is 0. The normalized spacial score (nSPS) is 10.0. The Hall–Kier alpha value is -2.16. The molecule has 2 rings (SSSR count). The summed E-state index contributed by atoms with van der Waals surface area (Å²) in [5, 5.41) is 0. The van der Waals surface area contributed by atoms with Gasteiger partial charge in [-0.3, -0.25) is 4.98 Å². The van der Waals surface area contributed by atoms with Gasteiger partial charge >= 0.3 is 5.97 Å². The van der Waals surface area contributed by atoms with Gasteiger partial charge in [0, 0.05) is 12.4 Å². The molecule has 0 N–H and O–H groups in total. The average molecular weight is 241 g/mol. The van der Waals surface area contributed by atoms with Crippen LogP contribution in [0.25, 0.3) is 0 Å². The van der Waals surface area contributed by atoms with Crippen LogP contribution in [0.1, 0.15) is 22.3 Å². The molecule has 0 aliphatic carbocycles. The Kier molecular flexibility index (Phi) is 4.47. The van der Waals surface area contributed by atoms with E-state index in [0.29, 0.717) is 12.2 Å². The highest BCUT2D eigenvalue weighted by Gasteiger charge is 2.05. The summed E-state index contributed by atoms with van der Waals surface area (Å²) in [5.41, 5.74) is 1.81. The number of nitrogens with zero attached hydrogens (tertiary/aromatic N) is 1. The van der Waals surface area contributed by atoms with E-state index in [4.69, 9.17) is 4.74 Å². The molecule has 1 aromatic carbocycles. The third-order valence-electron chi connectivity index (χ3n) is 2.60. The summed E-state index contributed by atoms with van der Waals surface area (Å²) in [5.74, 6) is -0.287. The van der Waals surface area contributed by atoms with Crippen LogP contribution in [0.15, 0.2) is 54.9 Å². The summed E-state index contributed by atoms with van der Waals surface area (Å²) >= 11 is 0. The second-order valence-electron chi connectivity index (χ2n) is 3.96. The first-order valence-corrected chi connectivity index (χ1v) is 5.97. The lowest BCUT2D eigenvalue weighted by Gasteiger charge is -2.04. The zero-order valence-electron chi connectivity index (χ0n) is 10.1. The van der Waals surface area contributed by atoms with E-state index in [0.717, 1.165) is 12.8 Å². The van der Waals surface area contributed by atoms with Crippen molar-refractivity contribution in [1.82, 2.24) is 4.98 Å². The maximum Gasteiger partial charge on any atom is 0.338 e. The van der Waals surface area contributed by atoms with E-state index in [1.807, 2.05) is 18.2 Å². The van der Waals surface area contributed by atoms with Gasteiger partial charge in [-0.2, -0.15) is 0 Å². The molecule has 0 unspecified atom stereocenters. The number of aryl methyl sites for hydroxylation is 1. The minimum absolute atomic E-state index is 0.287. The Balaban J connectivity index is 1.72. The molecule has 0 saturated heterocycles. The van der Waals surface area contributed by atoms with Gasteiger partial charge in [-0.1, -0.05) is 30.3 Å². The summed E-state index contributed by atoms with van der Waals surface area (Å²) in [7, 11) is 0. The number of carbonyl (C=O) groups excluding carboxylic acids is 1. The third-order valence-corrected chi connectivity index (χ3v) is 2.60. The van der Waals surface area contributed by atoms with E-state index in [9.17, 15) is 4.79 Å². The summed E-state index contributed by atoms with van der Waals surface area (Å²) in [4.78, 5) is 15.5. The monoisotopic (exact) mass is 241 g/mol. The molecule has 3 heteroatoms. The van der Waals surface area contributed by atoms with Crippen LogP contribution >= 0.6 is 0 Å². The van der Waals surface area contributed by atoms with Crippen molar-refractivity contribution in [3.8, 4) is 0 Å². The number of carbonyl (C=O) groups is 1. The number of benzene rings is 1. The van der Waals surface area contributed by atoms with Crippen molar-refractivity contribution in [2.75, 3.05) is 6.61 Å². The third kappa shape index (κ3) is 3.70. The van der Waals surface area contributed by atoms with Crippen LogP contribution in [0.4, 0.5) is 0 Å². The van der Waals surface area contributed by atoms with Gasteiger partial charge in [0.05, 0.1) is 12.2 Å². The van der Waals surface area contributed by atoms with Crippen LogP contribution in [0, 0.1) is 0 Å². The van der Waals surface area contributed by atoms with Crippen molar-refractivity contribution in [2.24, 2.45) is 0 Å². The number of hydrogen-bond acceptors (Lipinski definition) is 3. The minimum atomic E-state index is -0.287. The molecule has 0 radical (unpaired) electrons. The van der Waals surface area contributed by atoms with Crippen molar-refractivity contribution in [3.63, 3.8) is 0 Å². The maximum atomic E-state index is 11.6. The van der Waals surface area contributed by atoms with Crippen molar-refractivity contribution in [2.45, 2.75) is 12.8 Å². The molecule has 0 fully saturated rings. The van der Waals surface area contributed by atoms with Gasteiger partial charge in [-0.15, -0.1) is 0 Å². The lowest BCUT2D eigenvalue weighted by molar-refractivity contribution is 0.0500. The van der Waals surface area contributed by atoms with Gasteiger partial charge in [-0.25, -0.2) is 4.79 Å². The lowest BCUT2D eigenvalue weighted by atomic mass is 10.1. The number of ether oxygens (including phenoxy) is 1. The van der Waals surface area contributed by atoms with Crippen molar-refractivity contribution in [1.29, 1.82) is 0 Å². The molecule has 3 nitrogen and oxygen atoms in total. The predicted octanol–water partition coefficient (Wildman–Crippen LogP) is 2.87. The second-order valence-corrected chi connectivity index (χ2v) is 3.96. The largest absolute Gasteiger partial charge is 0.462 e. The summed E-state index contributed by atoms with van der Waals surface area (Å²) in [6.45, 7) is 0.441. The number of rotatable bonds is 5. The molecule has 0 spiro atoms. The van der Waals surface area contributed by atoms with Crippen LogP contribution in [-0.4, -0.2) is 17.6 Å². The molecule has 1 aromatic heterocycles. The number of aromatic nitrogens is 1. The average Bonchev–Trinajstić information content (AvgIpc) is 2.45. The molecule has 0 atom stereocenters. The molecule has 18 heavy (non-hydrogen) atoms. The zero-order chi connectivity index (χ0) is 12.6. The fourth-order valence-corrected chi connectivity index (χ4v) is 1.66. The SMILES string of the molecule is O=C(OCCCc1ccccc1)c1ccncc1. The van der Waals surface area contributed by atoms with E-state index in [-0.39, 0.29) is 5.97 Å². The van der Waals surface area contributed by atoms with Gasteiger partial charge in [0.15, 0.2) is 0 Å². The molecule has 0 bridgehead atoms. The molecular weight excluding hydrogens is 226 g/mol. The Morgan fingerprint density at radius 3 is 2.50 bits per heavy atom. The van der Waals surface area contributed by atoms with Crippen molar-refractivity contribution >= 4 is 5.97 Å². The van der Waals surface area contributed by atoms with Crippen LogP contribution < -0.4 is 0 Å². The van der Waals surface area contributed by atoms with E-state index in [1.165, 1.54) is 5.56 Å². The molecule has 0 amide bonds. The Morgan fingerprint density at radius 1 is 1.06 bits per heavy atom. The van der Waals surface area contributed by atoms with Crippen LogP contribution in [-0.2, 0) is 11.2 Å². The van der Waals surface area contributed by atoms with Crippen molar-refractivity contribution in [3.05, 3.63) is 66.0 Å². The molecule has 1 heterocycles. The molecule has 2 aromatic rings. The first kappa shape index (κ1) is 12.3. The summed E-state index contributed by atoms with van der Waals surface area (Å²) in [6, 6.07) is 13.5. The van der Waals surface area contributed by atoms with Crippen LogP contribution in [0.2, 0.25) is 0 Å². The topological polar surface area (TPSA) is 39.2 Å². The minimum Gasteiger partial charge on any atom is -0.462 e. The summed E-state index contributed by atoms with van der Waals surface area (Å²) in [6.07, 6.45) is 4.92. The molecule has 0 aliphatic rings. The van der Waals surface area contributed by atoms with Gasteiger partial charge in [0.1, 0.15) is 0 Å². The van der Waals surface area contributed by atoms with Gasteiger partial charge in [0.2, 0.25) is 0 Å². The van der Waals surface area contributed by atoms with Crippen molar-refractivity contribution < 1.29 is 9.53 Å². The maximum absolute atomic E-state index is 11.6. The van der Waals surface area contributed by atoms with E-state index in [1.54, 1.807) is 24.5 Å². The van der Waals surface area contributed by atoms with E-state index >= 15 is 0 Å². The molecule has 92 valence electrons. The Morgan fingerprint density at radius 2 is 1.78 bits per heavy atom. The highest BCUT2D eigenvalue weighted by molar-refractivity contribution is 5.89. The van der Waals surface area contributed by atoms with E-state index in [2.05, 4.69) is 17.1 Å². The highest BCUT2D eigenvalue weighted by Crippen LogP contribution is 2.04. The first-order valence-electron chi connectivity index (χ1n) is 5.97. The molecular formula is C15H15NO2. The lowest BCUT2D eigenvalue weighted by Crippen LogP contribution is -2.07. The zero-order valence-corrected chi connectivity index (χ0v) is 10.1. The Labute approximate surface area is 106 Å². The Bertz CT molecular complexity index is 482. The van der Waals surface area contributed by atoms with Gasteiger partial charge in [-0.05, 0) is 30.5 Å².